The zero-order valence-corrected chi connectivity index (χ0v) is 17.3. The molecule has 0 bridgehead atoms. The van der Waals surface area contributed by atoms with Crippen LogP contribution in [0.1, 0.15) is 0 Å². The average molecular weight is 446 g/mol. The second kappa shape index (κ2) is 5.50. The van der Waals surface area contributed by atoms with Crippen molar-refractivity contribution in [3.8, 4) is 0 Å². The van der Waals surface area contributed by atoms with Gasteiger partial charge >= 0.3 is 0 Å². The lowest BCUT2D eigenvalue weighted by Crippen LogP contribution is -2.10. The number of halogens is 2. The third-order valence-electron chi connectivity index (χ3n) is 4.72. The summed E-state index contributed by atoms with van der Waals surface area (Å²) in [7, 11) is 8.39. The van der Waals surface area contributed by atoms with Crippen molar-refractivity contribution >= 4 is 75.6 Å². The standard InChI is InChI=1S/C20H18Br2N2/c1-23(2)17-9-15(21)11-6-8-14-18(24(3)4)10-16(22)12-5-7-13(17)19(11)20(12)14/h5-10H,1-4H3. The van der Waals surface area contributed by atoms with Crippen LogP contribution in [0.5, 0.6) is 0 Å². The van der Waals surface area contributed by atoms with Crippen molar-refractivity contribution in [2.75, 3.05) is 38.0 Å². The highest BCUT2D eigenvalue weighted by atomic mass is 79.9. The highest BCUT2D eigenvalue weighted by Crippen LogP contribution is 2.46. The van der Waals surface area contributed by atoms with E-state index in [0.29, 0.717) is 0 Å². The molecular weight excluding hydrogens is 428 g/mol. The van der Waals surface area contributed by atoms with Gasteiger partial charge in [-0.25, -0.2) is 0 Å². The molecule has 0 saturated carbocycles. The van der Waals surface area contributed by atoms with Crippen LogP contribution in [0, 0.1) is 0 Å². The van der Waals surface area contributed by atoms with Crippen LogP contribution in [0.25, 0.3) is 32.3 Å². The van der Waals surface area contributed by atoms with E-state index in [1.54, 1.807) is 0 Å². The van der Waals surface area contributed by atoms with E-state index in [4.69, 9.17) is 0 Å². The fraction of sp³-hybridized carbons (Fsp3) is 0.200. The van der Waals surface area contributed by atoms with E-state index in [2.05, 4.69) is 106 Å². The Morgan fingerprint density at radius 3 is 1.25 bits per heavy atom. The van der Waals surface area contributed by atoms with Crippen LogP contribution in [-0.2, 0) is 0 Å². The van der Waals surface area contributed by atoms with Gasteiger partial charge in [0.05, 0.1) is 0 Å². The smallest absolute Gasteiger partial charge is 0.0452 e. The molecule has 0 aliphatic carbocycles. The van der Waals surface area contributed by atoms with Crippen molar-refractivity contribution in [2.45, 2.75) is 0 Å². The lowest BCUT2D eigenvalue weighted by molar-refractivity contribution is 1.14. The first-order valence-electron chi connectivity index (χ1n) is 7.84. The van der Waals surface area contributed by atoms with Gasteiger partial charge in [-0.05, 0) is 22.9 Å². The number of hydrogen-bond donors (Lipinski definition) is 0. The monoisotopic (exact) mass is 444 g/mol. The van der Waals surface area contributed by atoms with Crippen LogP contribution in [-0.4, -0.2) is 28.2 Å². The SMILES string of the molecule is CN(C)c1cc(Br)c2ccc3c(N(C)C)cc(Br)c4ccc1c2c43. The maximum absolute atomic E-state index is 3.78. The molecule has 0 fully saturated rings. The van der Waals surface area contributed by atoms with E-state index in [9.17, 15) is 0 Å². The van der Waals surface area contributed by atoms with Gasteiger partial charge in [0.1, 0.15) is 0 Å². The molecule has 0 N–H and O–H groups in total. The van der Waals surface area contributed by atoms with Crippen molar-refractivity contribution in [1.82, 2.24) is 0 Å². The molecule has 0 heterocycles. The molecule has 0 saturated heterocycles. The first kappa shape index (κ1) is 16.0. The molecule has 0 atom stereocenters. The van der Waals surface area contributed by atoms with E-state index < -0.39 is 0 Å². The first-order valence-corrected chi connectivity index (χ1v) is 9.43. The Bertz CT molecular complexity index is 996. The lowest BCUT2D eigenvalue weighted by Gasteiger charge is -2.23. The summed E-state index contributed by atoms with van der Waals surface area (Å²) >= 11 is 7.56. The first-order chi connectivity index (χ1) is 11.4. The zero-order chi connectivity index (χ0) is 17.2. The largest absolute Gasteiger partial charge is 0.377 e. The van der Waals surface area contributed by atoms with Gasteiger partial charge in [0, 0.05) is 70.1 Å². The van der Waals surface area contributed by atoms with Gasteiger partial charge in [0.25, 0.3) is 0 Å². The van der Waals surface area contributed by atoms with Crippen molar-refractivity contribution in [1.29, 1.82) is 0 Å². The van der Waals surface area contributed by atoms with Crippen molar-refractivity contribution in [3.05, 3.63) is 45.3 Å². The molecule has 122 valence electrons. The van der Waals surface area contributed by atoms with Crippen molar-refractivity contribution in [3.63, 3.8) is 0 Å². The molecule has 4 rings (SSSR count). The van der Waals surface area contributed by atoms with Gasteiger partial charge in [-0.15, -0.1) is 0 Å². The van der Waals surface area contributed by atoms with Gasteiger partial charge < -0.3 is 9.80 Å². The fourth-order valence-electron chi connectivity index (χ4n) is 3.61. The molecule has 0 aliphatic rings. The van der Waals surface area contributed by atoms with Crippen LogP contribution in [0.3, 0.4) is 0 Å². The third kappa shape index (κ3) is 2.12. The topological polar surface area (TPSA) is 6.48 Å². The molecule has 4 aromatic rings. The number of benzene rings is 4. The molecule has 0 amide bonds. The molecule has 0 aliphatic heterocycles. The quantitative estimate of drug-likeness (QED) is 0.337. The van der Waals surface area contributed by atoms with Gasteiger partial charge in [0.15, 0.2) is 0 Å². The summed E-state index contributed by atoms with van der Waals surface area (Å²) in [4.78, 5) is 4.36. The van der Waals surface area contributed by atoms with E-state index in [1.165, 1.54) is 43.7 Å². The molecular formula is C20H18Br2N2. The molecule has 0 aromatic heterocycles. The highest BCUT2D eigenvalue weighted by Gasteiger charge is 2.18. The summed E-state index contributed by atoms with van der Waals surface area (Å²) in [6, 6.07) is 13.4. The Hall–Kier alpha value is -1.52. The molecule has 0 unspecified atom stereocenters. The Balaban J connectivity index is 2.34. The Kier molecular flexibility index (Phi) is 3.66. The maximum Gasteiger partial charge on any atom is 0.0452 e. The summed E-state index contributed by atoms with van der Waals surface area (Å²) in [6.07, 6.45) is 0. The number of hydrogen-bond acceptors (Lipinski definition) is 2. The summed E-state index contributed by atoms with van der Waals surface area (Å²) in [6.45, 7) is 0. The summed E-state index contributed by atoms with van der Waals surface area (Å²) < 4.78 is 2.28. The minimum Gasteiger partial charge on any atom is -0.377 e. The van der Waals surface area contributed by atoms with Crippen LogP contribution >= 0.6 is 31.9 Å². The van der Waals surface area contributed by atoms with Crippen molar-refractivity contribution < 1.29 is 0 Å². The maximum atomic E-state index is 3.78. The summed E-state index contributed by atoms with van der Waals surface area (Å²) in [5.41, 5.74) is 2.46. The molecule has 24 heavy (non-hydrogen) atoms. The van der Waals surface area contributed by atoms with Gasteiger partial charge in [0.2, 0.25) is 0 Å². The second-order valence-corrected chi connectivity index (χ2v) is 8.32. The van der Waals surface area contributed by atoms with Gasteiger partial charge in [-0.3, -0.25) is 0 Å². The normalized spacial score (nSPS) is 11.8. The Labute approximate surface area is 158 Å². The number of anilines is 2. The highest BCUT2D eigenvalue weighted by molar-refractivity contribution is 9.11. The van der Waals surface area contributed by atoms with E-state index in [0.717, 1.165) is 8.95 Å². The molecule has 2 nitrogen and oxygen atoms in total. The van der Waals surface area contributed by atoms with Crippen LogP contribution in [0.4, 0.5) is 11.4 Å². The van der Waals surface area contributed by atoms with Crippen LogP contribution < -0.4 is 9.80 Å². The number of nitrogens with zero attached hydrogens (tertiary/aromatic N) is 2. The molecule has 0 radical (unpaired) electrons. The Morgan fingerprint density at radius 2 is 0.917 bits per heavy atom. The minimum atomic E-state index is 1.14. The van der Waals surface area contributed by atoms with E-state index in [-0.39, 0.29) is 0 Å². The Morgan fingerprint density at radius 1 is 0.583 bits per heavy atom. The summed E-state index contributed by atoms with van der Waals surface area (Å²) in [5, 5.41) is 7.76. The third-order valence-corrected chi connectivity index (χ3v) is 6.03. The molecule has 4 heteroatoms. The average Bonchev–Trinajstić information content (AvgIpc) is 2.54. The predicted octanol–water partition coefficient (Wildman–Crippen LogP) is 6.24. The zero-order valence-electron chi connectivity index (χ0n) is 14.1. The molecule has 4 aromatic carbocycles. The summed E-state index contributed by atoms with van der Waals surface area (Å²) in [5.74, 6) is 0. The van der Waals surface area contributed by atoms with Crippen LogP contribution in [0.2, 0.25) is 0 Å². The lowest BCUT2D eigenvalue weighted by atomic mass is 9.92. The van der Waals surface area contributed by atoms with E-state index in [1.807, 2.05) is 0 Å². The van der Waals surface area contributed by atoms with Gasteiger partial charge in [-0.1, -0.05) is 56.1 Å². The van der Waals surface area contributed by atoms with E-state index >= 15 is 0 Å². The van der Waals surface area contributed by atoms with Crippen molar-refractivity contribution in [2.24, 2.45) is 0 Å². The number of rotatable bonds is 2. The van der Waals surface area contributed by atoms with Crippen LogP contribution in [0.15, 0.2) is 45.3 Å². The minimum absolute atomic E-state index is 1.14. The fourth-order valence-corrected chi connectivity index (χ4v) is 4.71. The second-order valence-electron chi connectivity index (χ2n) is 6.62. The van der Waals surface area contributed by atoms with Gasteiger partial charge in [-0.2, -0.15) is 0 Å². The molecule has 0 spiro atoms. The predicted molar refractivity (Wildman–Crippen MR) is 114 cm³/mol.